The van der Waals surface area contributed by atoms with Crippen molar-refractivity contribution in [3.8, 4) is 5.75 Å². The minimum atomic E-state index is -0.108. The molecule has 4 nitrogen and oxygen atoms in total. The van der Waals surface area contributed by atoms with E-state index in [2.05, 4.69) is 11.4 Å². The molecule has 1 aliphatic rings. The molecule has 4 heteroatoms. The van der Waals surface area contributed by atoms with Gasteiger partial charge in [-0.25, -0.2) is 0 Å². The molecular formula is C16H21NO3. The van der Waals surface area contributed by atoms with Gasteiger partial charge in [0.15, 0.2) is 11.3 Å². The van der Waals surface area contributed by atoms with Crippen molar-refractivity contribution in [3.63, 3.8) is 0 Å². The molecule has 1 saturated carbocycles. The summed E-state index contributed by atoms with van der Waals surface area (Å²) in [6, 6.07) is 8.44. The van der Waals surface area contributed by atoms with Crippen molar-refractivity contribution >= 4 is 11.0 Å². The van der Waals surface area contributed by atoms with E-state index < -0.39 is 0 Å². The van der Waals surface area contributed by atoms with Crippen LogP contribution in [0.15, 0.2) is 28.7 Å². The molecule has 0 aliphatic heterocycles. The number of fused-ring (bicyclic) bond motifs is 1. The molecule has 0 radical (unpaired) electrons. The zero-order valence-electron chi connectivity index (χ0n) is 11.8. The van der Waals surface area contributed by atoms with Crippen molar-refractivity contribution in [1.82, 2.24) is 5.32 Å². The average Bonchev–Trinajstić information content (AvgIpc) is 2.89. The fourth-order valence-electron chi connectivity index (χ4n) is 2.86. The molecule has 1 heterocycles. The van der Waals surface area contributed by atoms with Crippen molar-refractivity contribution in [1.29, 1.82) is 0 Å². The van der Waals surface area contributed by atoms with Crippen LogP contribution in [0.1, 0.15) is 31.4 Å². The normalized spacial score (nSPS) is 23.1. The maximum Gasteiger partial charge on any atom is 0.176 e. The van der Waals surface area contributed by atoms with E-state index in [1.807, 2.05) is 18.2 Å². The van der Waals surface area contributed by atoms with E-state index in [0.29, 0.717) is 6.04 Å². The number of aliphatic hydroxyl groups is 1. The third-order valence-corrected chi connectivity index (χ3v) is 4.04. The number of rotatable bonds is 4. The van der Waals surface area contributed by atoms with Gasteiger partial charge < -0.3 is 19.6 Å². The summed E-state index contributed by atoms with van der Waals surface area (Å²) in [6.07, 6.45) is 3.75. The number of nitrogens with one attached hydrogen (secondary N) is 1. The number of hydrogen-bond donors (Lipinski definition) is 2. The molecule has 0 spiro atoms. The number of furan rings is 1. The van der Waals surface area contributed by atoms with Crippen LogP contribution in [-0.2, 0) is 6.54 Å². The molecule has 1 aliphatic carbocycles. The molecule has 0 atom stereocenters. The fourth-order valence-corrected chi connectivity index (χ4v) is 2.86. The Hall–Kier alpha value is -1.52. The van der Waals surface area contributed by atoms with Crippen molar-refractivity contribution in [2.45, 2.75) is 44.4 Å². The molecule has 20 heavy (non-hydrogen) atoms. The Morgan fingerprint density at radius 2 is 2.10 bits per heavy atom. The van der Waals surface area contributed by atoms with E-state index in [4.69, 9.17) is 9.15 Å². The Morgan fingerprint density at radius 3 is 2.85 bits per heavy atom. The third-order valence-electron chi connectivity index (χ3n) is 4.04. The quantitative estimate of drug-likeness (QED) is 0.901. The second-order valence-electron chi connectivity index (χ2n) is 5.48. The van der Waals surface area contributed by atoms with E-state index in [9.17, 15) is 5.11 Å². The predicted molar refractivity (Wildman–Crippen MR) is 77.9 cm³/mol. The van der Waals surface area contributed by atoms with E-state index in [-0.39, 0.29) is 6.10 Å². The van der Waals surface area contributed by atoms with Gasteiger partial charge in [-0.3, -0.25) is 0 Å². The molecule has 0 bridgehead atoms. The monoisotopic (exact) mass is 275 g/mol. The Bertz CT molecular complexity index is 570. The van der Waals surface area contributed by atoms with Crippen molar-refractivity contribution < 1.29 is 14.3 Å². The first-order valence-corrected chi connectivity index (χ1v) is 7.23. The number of methoxy groups -OCH3 is 1. The van der Waals surface area contributed by atoms with Gasteiger partial charge in [0.25, 0.3) is 0 Å². The summed E-state index contributed by atoms with van der Waals surface area (Å²) in [5.41, 5.74) is 0.811. The highest BCUT2D eigenvalue weighted by atomic mass is 16.5. The highest BCUT2D eigenvalue weighted by Gasteiger charge is 2.19. The molecule has 1 aromatic carbocycles. The summed E-state index contributed by atoms with van der Waals surface area (Å²) >= 11 is 0. The molecular weight excluding hydrogens is 254 g/mol. The van der Waals surface area contributed by atoms with Gasteiger partial charge in [0.1, 0.15) is 5.76 Å². The van der Waals surface area contributed by atoms with Crippen molar-refractivity contribution in [2.24, 2.45) is 0 Å². The average molecular weight is 275 g/mol. The Kier molecular flexibility index (Phi) is 3.94. The molecule has 3 rings (SSSR count). The van der Waals surface area contributed by atoms with Gasteiger partial charge in [-0.05, 0) is 37.8 Å². The fraction of sp³-hybridized carbons (Fsp3) is 0.500. The number of aliphatic hydroxyl groups excluding tert-OH is 1. The van der Waals surface area contributed by atoms with Crippen LogP contribution in [0.2, 0.25) is 0 Å². The minimum Gasteiger partial charge on any atom is -0.493 e. The van der Waals surface area contributed by atoms with Crippen LogP contribution in [0, 0.1) is 0 Å². The summed E-state index contributed by atoms with van der Waals surface area (Å²) in [7, 11) is 1.66. The molecule has 108 valence electrons. The van der Waals surface area contributed by atoms with Crippen LogP contribution >= 0.6 is 0 Å². The summed E-state index contributed by atoms with van der Waals surface area (Å²) in [6.45, 7) is 0.721. The van der Waals surface area contributed by atoms with Crippen LogP contribution in [0.3, 0.4) is 0 Å². The SMILES string of the molecule is COc1cccc2cc(CNC3CCC(O)CC3)oc12. The van der Waals surface area contributed by atoms with Gasteiger partial charge in [-0.1, -0.05) is 12.1 Å². The number of benzene rings is 1. The van der Waals surface area contributed by atoms with Crippen LogP contribution in [0.25, 0.3) is 11.0 Å². The molecule has 1 aromatic heterocycles. The summed E-state index contributed by atoms with van der Waals surface area (Å²) in [4.78, 5) is 0. The summed E-state index contributed by atoms with van der Waals surface area (Å²) in [5, 5.41) is 14.1. The largest absolute Gasteiger partial charge is 0.493 e. The van der Waals surface area contributed by atoms with E-state index in [1.165, 1.54) is 0 Å². The topological polar surface area (TPSA) is 54.6 Å². The Labute approximate surface area is 118 Å². The molecule has 2 N–H and O–H groups in total. The smallest absolute Gasteiger partial charge is 0.176 e. The predicted octanol–water partition coefficient (Wildman–Crippen LogP) is 2.83. The molecule has 2 aromatic rings. The zero-order valence-corrected chi connectivity index (χ0v) is 11.8. The molecule has 1 fully saturated rings. The number of para-hydroxylation sites is 1. The lowest BCUT2D eigenvalue weighted by molar-refractivity contribution is 0.116. The maximum absolute atomic E-state index is 9.50. The Morgan fingerprint density at radius 1 is 1.30 bits per heavy atom. The van der Waals surface area contributed by atoms with Crippen molar-refractivity contribution in [2.75, 3.05) is 7.11 Å². The third kappa shape index (κ3) is 2.81. The number of ether oxygens (including phenoxy) is 1. The first-order chi connectivity index (χ1) is 9.76. The van der Waals surface area contributed by atoms with Gasteiger partial charge in [0.05, 0.1) is 19.8 Å². The second kappa shape index (κ2) is 5.85. The van der Waals surface area contributed by atoms with Gasteiger partial charge >= 0.3 is 0 Å². The molecule has 0 unspecified atom stereocenters. The lowest BCUT2D eigenvalue weighted by Gasteiger charge is -2.25. The van der Waals surface area contributed by atoms with Crippen LogP contribution < -0.4 is 10.1 Å². The standard InChI is InChI=1S/C16H21NO3/c1-19-15-4-2-3-11-9-14(20-16(11)15)10-17-12-5-7-13(18)8-6-12/h2-4,9,12-13,17-18H,5-8,10H2,1H3. The molecule has 0 saturated heterocycles. The van der Waals surface area contributed by atoms with Crippen LogP contribution in [-0.4, -0.2) is 24.4 Å². The second-order valence-corrected chi connectivity index (χ2v) is 5.48. The van der Waals surface area contributed by atoms with Gasteiger partial charge in [0.2, 0.25) is 0 Å². The summed E-state index contributed by atoms with van der Waals surface area (Å²) < 4.78 is 11.2. The molecule has 0 amide bonds. The van der Waals surface area contributed by atoms with Gasteiger partial charge in [0, 0.05) is 11.4 Å². The zero-order chi connectivity index (χ0) is 13.9. The highest BCUT2D eigenvalue weighted by Crippen LogP contribution is 2.28. The lowest BCUT2D eigenvalue weighted by Crippen LogP contribution is -2.34. The first-order valence-electron chi connectivity index (χ1n) is 7.23. The maximum atomic E-state index is 9.50. The van der Waals surface area contributed by atoms with Crippen LogP contribution in [0.5, 0.6) is 5.75 Å². The van der Waals surface area contributed by atoms with Gasteiger partial charge in [-0.2, -0.15) is 0 Å². The van der Waals surface area contributed by atoms with Crippen molar-refractivity contribution in [3.05, 3.63) is 30.0 Å². The highest BCUT2D eigenvalue weighted by molar-refractivity contribution is 5.83. The van der Waals surface area contributed by atoms with E-state index >= 15 is 0 Å². The minimum absolute atomic E-state index is 0.108. The van der Waals surface area contributed by atoms with E-state index in [0.717, 1.165) is 54.7 Å². The van der Waals surface area contributed by atoms with E-state index in [1.54, 1.807) is 7.11 Å². The number of hydrogen-bond acceptors (Lipinski definition) is 4. The first kappa shape index (κ1) is 13.5. The van der Waals surface area contributed by atoms with Gasteiger partial charge in [-0.15, -0.1) is 0 Å². The summed E-state index contributed by atoms with van der Waals surface area (Å²) in [5.74, 6) is 1.70. The lowest BCUT2D eigenvalue weighted by atomic mass is 9.93. The van der Waals surface area contributed by atoms with Crippen LogP contribution in [0.4, 0.5) is 0 Å². The Balaban J connectivity index is 1.66.